The molecule has 0 aliphatic rings. The van der Waals surface area contributed by atoms with Crippen molar-refractivity contribution >= 4 is 44.9 Å². The van der Waals surface area contributed by atoms with Crippen LogP contribution >= 0.6 is 11.6 Å². The molecule has 0 aliphatic carbocycles. The number of carboxylic acid groups (broad SMARTS) is 1. The number of halogens is 1. The minimum absolute atomic E-state index is 0.0765. The van der Waals surface area contributed by atoms with Crippen molar-refractivity contribution in [1.29, 1.82) is 0 Å². The highest BCUT2D eigenvalue weighted by molar-refractivity contribution is 7.92. The first-order valence-corrected chi connectivity index (χ1v) is 8.85. The van der Waals surface area contributed by atoms with Gasteiger partial charge in [-0.1, -0.05) is 11.6 Å². The predicted molar refractivity (Wildman–Crippen MR) is 91.3 cm³/mol. The maximum absolute atomic E-state index is 12.3. The van der Waals surface area contributed by atoms with Crippen LogP contribution in [-0.2, 0) is 10.0 Å². The third kappa shape index (κ3) is 4.71. The number of carboxylic acids is 1. The molecule has 0 aromatic heterocycles. The fourth-order valence-corrected chi connectivity index (χ4v) is 2.63. The Bertz CT molecular complexity index is 895. The summed E-state index contributed by atoms with van der Waals surface area (Å²) >= 11 is 5.98. The van der Waals surface area contributed by atoms with Crippen LogP contribution in [0.4, 0.5) is 11.4 Å². The molecule has 0 spiro atoms. The summed E-state index contributed by atoms with van der Waals surface area (Å²) in [6.45, 7) is 0. The number of carbonyl (C=O) groups excluding carboxylic acids is 1. The van der Waals surface area contributed by atoms with Crippen LogP contribution in [0.15, 0.2) is 42.5 Å². The van der Waals surface area contributed by atoms with E-state index in [2.05, 4.69) is 10.0 Å². The maximum Gasteiger partial charge on any atom is 0.335 e. The highest BCUT2D eigenvalue weighted by atomic mass is 35.5. The van der Waals surface area contributed by atoms with Crippen LogP contribution in [0, 0.1) is 0 Å². The molecule has 9 heteroatoms. The molecule has 2 aromatic carbocycles. The summed E-state index contributed by atoms with van der Waals surface area (Å²) in [6.07, 6.45) is 0.991. The number of hydrogen-bond acceptors (Lipinski definition) is 4. The van der Waals surface area contributed by atoms with Crippen molar-refractivity contribution in [2.45, 2.75) is 0 Å². The lowest BCUT2D eigenvalue weighted by molar-refractivity contribution is 0.0696. The minimum Gasteiger partial charge on any atom is -0.478 e. The van der Waals surface area contributed by atoms with E-state index in [9.17, 15) is 18.0 Å². The van der Waals surface area contributed by atoms with Gasteiger partial charge in [0, 0.05) is 11.4 Å². The monoisotopic (exact) mass is 368 g/mol. The molecule has 126 valence electrons. The van der Waals surface area contributed by atoms with Gasteiger partial charge in [0.2, 0.25) is 10.0 Å². The molecule has 0 fully saturated rings. The maximum atomic E-state index is 12.3. The van der Waals surface area contributed by atoms with E-state index in [-0.39, 0.29) is 21.8 Å². The summed E-state index contributed by atoms with van der Waals surface area (Å²) < 4.78 is 24.8. The second kappa shape index (κ2) is 6.90. The number of nitrogens with one attached hydrogen (secondary N) is 2. The van der Waals surface area contributed by atoms with E-state index in [4.69, 9.17) is 16.7 Å². The average Bonchev–Trinajstić information content (AvgIpc) is 2.48. The number of aromatic carboxylic acids is 1. The van der Waals surface area contributed by atoms with Gasteiger partial charge in [-0.05, 0) is 42.5 Å². The van der Waals surface area contributed by atoms with Crippen LogP contribution < -0.4 is 10.0 Å². The summed E-state index contributed by atoms with van der Waals surface area (Å²) in [5.41, 5.74) is 0.744. The van der Waals surface area contributed by atoms with Gasteiger partial charge in [-0.2, -0.15) is 0 Å². The van der Waals surface area contributed by atoms with Gasteiger partial charge in [-0.3, -0.25) is 9.52 Å². The molecular weight excluding hydrogens is 356 g/mol. The normalized spacial score (nSPS) is 10.9. The van der Waals surface area contributed by atoms with Gasteiger partial charge < -0.3 is 10.4 Å². The van der Waals surface area contributed by atoms with E-state index in [0.717, 1.165) is 6.26 Å². The third-order valence-corrected chi connectivity index (χ3v) is 3.84. The molecule has 0 atom stereocenters. The highest BCUT2D eigenvalue weighted by Crippen LogP contribution is 2.22. The second-order valence-corrected chi connectivity index (χ2v) is 7.06. The number of hydrogen-bond donors (Lipinski definition) is 3. The topological polar surface area (TPSA) is 113 Å². The lowest BCUT2D eigenvalue weighted by atomic mass is 10.1. The Morgan fingerprint density at radius 1 is 1.04 bits per heavy atom. The largest absolute Gasteiger partial charge is 0.478 e. The van der Waals surface area contributed by atoms with Gasteiger partial charge in [-0.15, -0.1) is 0 Å². The Labute approximate surface area is 143 Å². The zero-order valence-electron chi connectivity index (χ0n) is 12.4. The van der Waals surface area contributed by atoms with Crippen molar-refractivity contribution in [2.75, 3.05) is 16.3 Å². The first-order valence-electron chi connectivity index (χ1n) is 6.58. The van der Waals surface area contributed by atoms with Crippen LogP contribution in [0.25, 0.3) is 0 Å². The number of anilines is 2. The van der Waals surface area contributed by atoms with Crippen molar-refractivity contribution in [3.05, 3.63) is 58.6 Å². The first-order chi connectivity index (χ1) is 11.2. The van der Waals surface area contributed by atoms with Crippen LogP contribution in [0.1, 0.15) is 20.7 Å². The van der Waals surface area contributed by atoms with Crippen molar-refractivity contribution in [1.82, 2.24) is 0 Å². The predicted octanol–water partition coefficient (Wildman–Crippen LogP) is 2.66. The summed E-state index contributed by atoms with van der Waals surface area (Å²) in [5.74, 6) is -1.63. The molecule has 2 aromatic rings. The Hall–Kier alpha value is -2.58. The Morgan fingerprint density at radius 2 is 1.62 bits per heavy atom. The van der Waals surface area contributed by atoms with Crippen molar-refractivity contribution in [3.8, 4) is 0 Å². The first kappa shape index (κ1) is 17.8. The van der Waals surface area contributed by atoms with Crippen LogP contribution in [0.2, 0.25) is 5.02 Å². The molecule has 0 bridgehead atoms. The lowest BCUT2D eigenvalue weighted by Crippen LogP contribution is -2.14. The highest BCUT2D eigenvalue weighted by Gasteiger charge is 2.13. The summed E-state index contributed by atoms with van der Waals surface area (Å²) in [7, 11) is -3.48. The fraction of sp³-hybridized carbons (Fsp3) is 0.0667. The van der Waals surface area contributed by atoms with Gasteiger partial charge in [0.15, 0.2) is 0 Å². The standard InChI is InChI=1S/C15H13ClN2O5S/c1-24(22,23)18-11-6-7-13(16)12(8-11)14(19)17-10-4-2-9(3-5-10)15(20)21/h2-8,18H,1H3,(H,17,19)(H,20,21). The molecule has 24 heavy (non-hydrogen) atoms. The summed E-state index contributed by atoms with van der Waals surface area (Å²) in [5, 5.41) is 11.5. The van der Waals surface area contributed by atoms with Gasteiger partial charge in [0.1, 0.15) is 0 Å². The summed E-state index contributed by atoms with van der Waals surface area (Å²) in [4.78, 5) is 23.1. The molecule has 3 N–H and O–H groups in total. The Morgan fingerprint density at radius 3 is 2.17 bits per heavy atom. The SMILES string of the molecule is CS(=O)(=O)Nc1ccc(Cl)c(C(=O)Nc2ccc(C(=O)O)cc2)c1. The molecule has 0 saturated carbocycles. The minimum atomic E-state index is -3.48. The van der Waals surface area contributed by atoms with E-state index in [0.29, 0.717) is 5.69 Å². The van der Waals surface area contributed by atoms with Crippen molar-refractivity contribution < 1.29 is 23.1 Å². The van der Waals surface area contributed by atoms with Crippen molar-refractivity contribution in [3.63, 3.8) is 0 Å². The number of rotatable bonds is 5. The van der Waals surface area contributed by atoms with E-state index >= 15 is 0 Å². The molecular formula is C15H13ClN2O5S. The van der Waals surface area contributed by atoms with E-state index in [1.165, 1.54) is 42.5 Å². The molecule has 0 radical (unpaired) electrons. The average molecular weight is 369 g/mol. The second-order valence-electron chi connectivity index (χ2n) is 4.91. The molecule has 0 aliphatic heterocycles. The lowest BCUT2D eigenvalue weighted by Gasteiger charge is -2.10. The van der Waals surface area contributed by atoms with E-state index in [1.807, 2.05) is 0 Å². The number of sulfonamides is 1. The van der Waals surface area contributed by atoms with Gasteiger partial charge in [0.05, 0.1) is 22.4 Å². The molecule has 0 heterocycles. The van der Waals surface area contributed by atoms with Gasteiger partial charge >= 0.3 is 5.97 Å². The molecule has 0 saturated heterocycles. The summed E-state index contributed by atoms with van der Waals surface area (Å²) in [6, 6.07) is 9.72. The number of amides is 1. The van der Waals surface area contributed by atoms with Gasteiger partial charge in [-0.25, -0.2) is 13.2 Å². The van der Waals surface area contributed by atoms with Crippen LogP contribution in [-0.4, -0.2) is 31.7 Å². The third-order valence-electron chi connectivity index (χ3n) is 2.90. The molecule has 0 unspecified atom stereocenters. The van der Waals surface area contributed by atoms with Crippen LogP contribution in [0.3, 0.4) is 0 Å². The molecule has 7 nitrogen and oxygen atoms in total. The van der Waals surface area contributed by atoms with E-state index < -0.39 is 21.9 Å². The fourth-order valence-electron chi connectivity index (χ4n) is 1.87. The number of benzene rings is 2. The van der Waals surface area contributed by atoms with Gasteiger partial charge in [0.25, 0.3) is 5.91 Å². The van der Waals surface area contributed by atoms with Crippen molar-refractivity contribution in [2.24, 2.45) is 0 Å². The van der Waals surface area contributed by atoms with E-state index in [1.54, 1.807) is 0 Å². The Kier molecular flexibility index (Phi) is 5.10. The Balaban J connectivity index is 2.22. The molecule has 2 rings (SSSR count). The zero-order chi connectivity index (χ0) is 17.9. The molecule has 1 amide bonds. The quantitative estimate of drug-likeness (QED) is 0.751. The van der Waals surface area contributed by atoms with Crippen LogP contribution in [0.5, 0.6) is 0 Å². The smallest absolute Gasteiger partial charge is 0.335 e. The zero-order valence-corrected chi connectivity index (χ0v) is 14.0. The number of carbonyl (C=O) groups is 2.